The summed E-state index contributed by atoms with van der Waals surface area (Å²) >= 11 is 0. The molecule has 6 rings (SSSR count). The van der Waals surface area contributed by atoms with Gasteiger partial charge in [-0.25, -0.2) is 0 Å². The molecule has 0 saturated heterocycles. The van der Waals surface area contributed by atoms with Crippen LogP contribution in [0.3, 0.4) is 0 Å². The van der Waals surface area contributed by atoms with Crippen molar-refractivity contribution >= 4 is 0 Å². The van der Waals surface area contributed by atoms with Crippen LogP contribution in [0.2, 0.25) is 0 Å². The first-order valence-corrected chi connectivity index (χ1v) is 15.2. The van der Waals surface area contributed by atoms with Crippen LogP contribution < -0.4 is 0 Å². The van der Waals surface area contributed by atoms with E-state index in [2.05, 4.69) is 38.1 Å². The van der Waals surface area contributed by atoms with Crippen molar-refractivity contribution < 1.29 is 10.2 Å². The third kappa shape index (κ3) is 5.63. The Labute approximate surface area is 219 Å². The van der Waals surface area contributed by atoms with Gasteiger partial charge in [0.05, 0.1) is 0 Å². The molecular formula is C34H48O2. The molecule has 0 amide bonds. The molecule has 36 heavy (non-hydrogen) atoms. The van der Waals surface area contributed by atoms with Crippen molar-refractivity contribution in [1.82, 2.24) is 0 Å². The van der Waals surface area contributed by atoms with Gasteiger partial charge in [-0.3, -0.25) is 0 Å². The van der Waals surface area contributed by atoms with E-state index in [1.54, 1.807) is 0 Å². The van der Waals surface area contributed by atoms with Crippen LogP contribution in [0.1, 0.15) is 160 Å². The van der Waals surface area contributed by atoms with Crippen molar-refractivity contribution in [3.05, 3.63) is 57.6 Å². The number of benzene rings is 2. The maximum atomic E-state index is 10.6. The number of hydrogen-bond donors (Lipinski definition) is 2. The molecule has 4 saturated carbocycles. The van der Waals surface area contributed by atoms with Crippen LogP contribution in [0.15, 0.2) is 24.3 Å². The number of aryl methyl sites for hydroxylation is 2. The Morgan fingerprint density at radius 3 is 0.806 bits per heavy atom. The predicted molar refractivity (Wildman–Crippen MR) is 151 cm³/mol. The highest BCUT2D eigenvalue weighted by molar-refractivity contribution is 5.48. The van der Waals surface area contributed by atoms with E-state index in [0.717, 1.165) is 0 Å². The number of phenolic OH excluding ortho intramolecular Hbond substituents is 2. The quantitative estimate of drug-likeness (QED) is 0.449. The van der Waals surface area contributed by atoms with Crippen LogP contribution in [-0.2, 0) is 0 Å². The third-order valence-corrected chi connectivity index (χ3v) is 9.81. The average Bonchev–Trinajstić information content (AvgIpc) is 3.70. The van der Waals surface area contributed by atoms with E-state index >= 15 is 0 Å². The molecule has 4 fully saturated rings. The average molecular weight is 489 g/mol. The van der Waals surface area contributed by atoms with Crippen molar-refractivity contribution in [2.45, 2.75) is 140 Å². The maximum absolute atomic E-state index is 10.6. The zero-order chi connectivity index (χ0) is 25.1. The first kappa shape index (κ1) is 25.7. The van der Waals surface area contributed by atoms with Crippen molar-refractivity contribution in [2.24, 2.45) is 0 Å². The summed E-state index contributed by atoms with van der Waals surface area (Å²) in [6.07, 6.45) is 20.8. The molecule has 0 bridgehead atoms. The zero-order valence-electron chi connectivity index (χ0n) is 22.8. The largest absolute Gasteiger partial charge is 0.507 e. The lowest BCUT2D eigenvalue weighted by Crippen LogP contribution is -2.00. The first-order valence-electron chi connectivity index (χ1n) is 15.2. The van der Waals surface area contributed by atoms with Gasteiger partial charge in [-0.2, -0.15) is 0 Å². The number of hydrogen-bond acceptors (Lipinski definition) is 2. The van der Waals surface area contributed by atoms with E-state index in [1.807, 2.05) is 0 Å². The predicted octanol–water partition coefficient (Wildman–Crippen LogP) is 10.0. The Kier molecular flexibility index (Phi) is 8.28. The summed E-state index contributed by atoms with van der Waals surface area (Å²) in [5.74, 6) is 3.74. The van der Waals surface area contributed by atoms with Gasteiger partial charge in [0, 0.05) is 0 Å². The monoisotopic (exact) mass is 488 g/mol. The Morgan fingerprint density at radius 1 is 0.417 bits per heavy atom. The topological polar surface area (TPSA) is 40.5 Å². The third-order valence-electron chi connectivity index (χ3n) is 9.81. The SMILES string of the molecule is Cc1cc(C2CCCC2)c(O)c(C2CCCC2)c1.Cc1cc(C2CCCC2)c(O)c(C2CCCC2)c1. The molecule has 0 atom stereocenters. The molecule has 0 aliphatic heterocycles. The molecule has 2 heteroatoms. The van der Waals surface area contributed by atoms with Gasteiger partial charge < -0.3 is 10.2 Å². The summed E-state index contributed by atoms with van der Waals surface area (Å²) < 4.78 is 0. The molecule has 0 unspecified atom stereocenters. The fourth-order valence-electron chi connectivity index (χ4n) is 7.86. The molecule has 4 aliphatic rings. The van der Waals surface area contributed by atoms with Gasteiger partial charge in [0.2, 0.25) is 0 Å². The molecule has 0 heterocycles. The van der Waals surface area contributed by atoms with E-state index in [-0.39, 0.29) is 0 Å². The standard InChI is InChI=1S/2C17H24O/c2*1-12-10-15(13-6-2-3-7-13)17(18)16(11-12)14-8-4-5-9-14/h2*10-11,13-14,18H,2-9H2,1H3. The minimum absolute atomic E-state index is 0.616. The Bertz CT molecular complexity index is 856. The van der Waals surface area contributed by atoms with Crippen LogP contribution in [0.5, 0.6) is 11.5 Å². The minimum Gasteiger partial charge on any atom is -0.507 e. The van der Waals surface area contributed by atoms with Crippen molar-refractivity contribution in [3.8, 4) is 11.5 Å². The minimum atomic E-state index is 0.616. The molecule has 0 spiro atoms. The second-order valence-electron chi connectivity index (χ2n) is 12.5. The number of phenols is 2. The normalized spacial score (nSPS) is 21.8. The molecule has 196 valence electrons. The van der Waals surface area contributed by atoms with E-state index in [0.29, 0.717) is 35.2 Å². The van der Waals surface area contributed by atoms with Crippen LogP contribution in [0.4, 0.5) is 0 Å². The lowest BCUT2D eigenvalue weighted by atomic mass is 9.88. The smallest absolute Gasteiger partial charge is 0.122 e. The summed E-state index contributed by atoms with van der Waals surface area (Å²) in [6.45, 7) is 4.35. The molecule has 2 nitrogen and oxygen atoms in total. The van der Waals surface area contributed by atoms with Gasteiger partial charge in [0.25, 0.3) is 0 Å². The number of rotatable bonds is 4. The molecular weight excluding hydrogens is 440 g/mol. The highest BCUT2D eigenvalue weighted by Gasteiger charge is 2.27. The van der Waals surface area contributed by atoms with Crippen LogP contribution in [0.25, 0.3) is 0 Å². The Morgan fingerprint density at radius 2 is 0.611 bits per heavy atom. The summed E-state index contributed by atoms with van der Waals surface area (Å²) in [5, 5.41) is 21.3. The van der Waals surface area contributed by atoms with Crippen LogP contribution >= 0.6 is 0 Å². The highest BCUT2D eigenvalue weighted by Crippen LogP contribution is 2.46. The molecule has 2 aromatic carbocycles. The fourth-order valence-corrected chi connectivity index (χ4v) is 7.86. The summed E-state index contributed by atoms with van der Waals surface area (Å²) in [5.41, 5.74) is 7.64. The van der Waals surface area contributed by atoms with Crippen molar-refractivity contribution in [1.29, 1.82) is 0 Å². The number of aromatic hydroxyl groups is 2. The van der Waals surface area contributed by atoms with E-state index in [9.17, 15) is 10.2 Å². The summed E-state index contributed by atoms with van der Waals surface area (Å²) in [4.78, 5) is 0. The molecule has 2 aromatic rings. The Hall–Kier alpha value is -1.96. The lowest BCUT2D eigenvalue weighted by Gasteiger charge is -2.19. The summed E-state index contributed by atoms with van der Waals surface area (Å²) in [7, 11) is 0. The van der Waals surface area contributed by atoms with Gasteiger partial charge in [-0.15, -0.1) is 0 Å². The van der Waals surface area contributed by atoms with E-state index in [1.165, 1.54) is 136 Å². The first-order chi connectivity index (χ1) is 17.5. The lowest BCUT2D eigenvalue weighted by molar-refractivity contribution is 0.446. The molecule has 4 aliphatic carbocycles. The van der Waals surface area contributed by atoms with Crippen molar-refractivity contribution in [3.63, 3.8) is 0 Å². The summed E-state index contributed by atoms with van der Waals surface area (Å²) in [6, 6.07) is 8.90. The second-order valence-corrected chi connectivity index (χ2v) is 12.5. The highest BCUT2D eigenvalue weighted by atomic mass is 16.3. The van der Waals surface area contributed by atoms with Crippen LogP contribution in [0, 0.1) is 13.8 Å². The maximum Gasteiger partial charge on any atom is 0.122 e. The van der Waals surface area contributed by atoms with Gasteiger partial charge in [-0.05, 0) is 111 Å². The zero-order valence-corrected chi connectivity index (χ0v) is 22.8. The molecule has 0 radical (unpaired) electrons. The van der Waals surface area contributed by atoms with E-state index in [4.69, 9.17) is 0 Å². The second kappa shape index (κ2) is 11.6. The van der Waals surface area contributed by atoms with Crippen LogP contribution in [-0.4, -0.2) is 10.2 Å². The van der Waals surface area contributed by atoms with Gasteiger partial charge >= 0.3 is 0 Å². The van der Waals surface area contributed by atoms with Gasteiger partial charge in [-0.1, -0.05) is 86.8 Å². The Balaban J connectivity index is 0.000000148. The van der Waals surface area contributed by atoms with Gasteiger partial charge in [0.1, 0.15) is 11.5 Å². The fraction of sp³-hybridized carbons (Fsp3) is 0.647. The van der Waals surface area contributed by atoms with Crippen molar-refractivity contribution in [2.75, 3.05) is 0 Å². The molecule has 0 aromatic heterocycles. The van der Waals surface area contributed by atoms with Gasteiger partial charge in [0.15, 0.2) is 0 Å². The molecule has 2 N–H and O–H groups in total. The van der Waals surface area contributed by atoms with E-state index < -0.39 is 0 Å².